The van der Waals surface area contributed by atoms with Gasteiger partial charge in [0.15, 0.2) is 5.82 Å². The van der Waals surface area contributed by atoms with Crippen molar-refractivity contribution in [2.75, 3.05) is 0 Å². The predicted octanol–water partition coefficient (Wildman–Crippen LogP) is 6.69. The monoisotopic (exact) mass is 414 g/mol. The molecule has 0 bridgehead atoms. The highest BCUT2D eigenvalue weighted by molar-refractivity contribution is 7.19. The maximum atomic E-state index is 6.27. The lowest BCUT2D eigenvalue weighted by atomic mass is 9.91. The third kappa shape index (κ3) is 3.63. The maximum Gasteiger partial charge on any atom is 0.189 e. The highest BCUT2D eigenvalue weighted by atomic mass is 35.5. The van der Waals surface area contributed by atoms with Crippen molar-refractivity contribution in [1.29, 1.82) is 0 Å². The number of nitrogens with one attached hydrogen (secondary N) is 1. The van der Waals surface area contributed by atoms with Gasteiger partial charge < -0.3 is 0 Å². The van der Waals surface area contributed by atoms with Gasteiger partial charge in [0.2, 0.25) is 0 Å². The first kappa shape index (κ1) is 18.2. The summed E-state index contributed by atoms with van der Waals surface area (Å²) in [4.78, 5) is 2.12. The second-order valence-electron chi connectivity index (χ2n) is 6.50. The van der Waals surface area contributed by atoms with Crippen LogP contribution < -0.4 is 0 Å². The number of benzene rings is 2. The Kier molecular flexibility index (Phi) is 5.00. The van der Waals surface area contributed by atoms with Crippen molar-refractivity contribution < 1.29 is 0 Å². The lowest BCUT2D eigenvalue weighted by molar-refractivity contribution is 0.869. The van der Waals surface area contributed by atoms with Crippen LogP contribution in [0.2, 0.25) is 10.0 Å². The molecule has 0 aliphatic rings. The summed E-state index contributed by atoms with van der Waals surface area (Å²) in [7, 11) is 0. The van der Waals surface area contributed by atoms with E-state index in [-0.39, 0.29) is 0 Å². The maximum absolute atomic E-state index is 6.27. The lowest BCUT2D eigenvalue weighted by Gasteiger charge is -2.14. The van der Waals surface area contributed by atoms with Crippen LogP contribution in [-0.4, -0.2) is 20.6 Å². The van der Waals surface area contributed by atoms with E-state index >= 15 is 0 Å². The Morgan fingerprint density at radius 3 is 2.33 bits per heavy atom. The molecular formula is C20H16Cl2N4S. The largest absolute Gasteiger partial charge is 0.238 e. The summed E-state index contributed by atoms with van der Waals surface area (Å²) < 4.78 is 0. The highest BCUT2D eigenvalue weighted by Crippen LogP contribution is 2.45. The average molecular weight is 415 g/mol. The summed E-state index contributed by atoms with van der Waals surface area (Å²) in [6, 6.07) is 16.1. The van der Waals surface area contributed by atoms with Gasteiger partial charge in [-0.25, -0.2) is 5.10 Å². The van der Waals surface area contributed by atoms with Gasteiger partial charge in [0.05, 0.1) is 4.88 Å². The van der Waals surface area contributed by atoms with E-state index in [1.54, 1.807) is 11.3 Å². The summed E-state index contributed by atoms with van der Waals surface area (Å²) in [5.74, 6) is 0.994. The Bertz CT molecular complexity index is 1070. The number of tetrazole rings is 1. The predicted molar refractivity (Wildman–Crippen MR) is 112 cm³/mol. The molecule has 0 saturated heterocycles. The zero-order chi connectivity index (χ0) is 19.0. The first-order valence-electron chi connectivity index (χ1n) is 8.46. The van der Waals surface area contributed by atoms with E-state index in [1.165, 1.54) is 5.56 Å². The van der Waals surface area contributed by atoms with Gasteiger partial charge in [-0.1, -0.05) is 55.2 Å². The lowest BCUT2D eigenvalue weighted by Crippen LogP contribution is -1.92. The van der Waals surface area contributed by atoms with E-state index in [1.807, 2.05) is 36.4 Å². The molecule has 0 unspecified atom stereocenters. The Morgan fingerprint density at radius 1 is 0.926 bits per heavy atom. The van der Waals surface area contributed by atoms with Crippen LogP contribution in [0.1, 0.15) is 25.3 Å². The van der Waals surface area contributed by atoms with E-state index in [4.69, 9.17) is 23.2 Å². The summed E-state index contributed by atoms with van der Waals surface area (Å²) in [5, 5.41) is 15.8. The number of rotatable bonds is 4. The molecule has 2 heterocycles. The second kappa shape index (κ2) is 7.43. The molecule has 0 amide bonds. The van der Waals surface area contributed by atoms with E-state index in [0.29, 0.717) is 16.8 Å². The highest BCUT2D eigenvalue weighted by Gasteiger charge is 2.19. The van der Waals surface area contributed by atoms with Crippen LogP contribution in [0.25, 0.3) is 32.3 Å². The molecule has 0 fully saturated rings. The second-order valence-corrected chi connectivity index (χ2v) is 8.42. The van der Waals surface area contributed by atoms with Crippen LogP contribution in [0, 0.1) is 0 Å². The fraction of sp³-hybridized carbons (Fsp3) is 0.150. The Labute approximate surface area is 171 Å². The normalized spacial score (nSPS) is 11.3. The number of aromatic nitrogens is 4. The Hall–Kier alpha value is -2.21. The molecular weight excluding hydrogens is 399 g/mol. The smallest absolute Gasteiger partial charge is 0.189 e. The van der Waals surface area contributed by atoms with Gasteiger partial charge in [0.1, 0.15) is 0 Å². The van der Waals surface area contributed by atoms with Crippen molar-refractivity contribution in [1.82, 2.24) is 20.6 Å². The summed E-state index contributed by atoms with van der Waals surface area (Å²) in [6.45, 7) is 4.34. The van der Waals surface area contributed by atoms with Gasteiger partial charge >= 0.3 is 0 Å². The van der Waals surface area contributed by atoms with E-state index in [0.717, 1.165) is 31.5 Å². The Balaban J connectivity index is 1.95. The zero-order valence-corrected chi connectivity index (χ0v) is 17.0. The molecule has 0 atom stereocenters. The number of hydrogen-bond acceptors (Lipinski definition) is 4. The third-order valence-electron chi connectivity index (χ3n) is 4.34. The SMILES string of the molecule is CC(C)c1cc(Cl)ccc1-c1cc(-c2nnn[nH]2)sc1-c1ccc(Cl)cc1. The molecule has 7 heteroatoms. The van der Waals surface area contributed by atoms with Crippen molar-refractivity contribution in [3.05, 3.63) is 64.1 Å². The number of thiophene rings is 1. The van der Waals surface area contributed by atoms with Gasteiger partial charge in [-0.15, -0.1) is 16.4 Å². The first-order chi connectivity index (χ1) is 13.0. The van der Waals surface area contributed by atoms with Crippen molar-refractivity contribution in [3.8, 4) is 32.3 Å². The number of aromatic amines is 1. The van der Waals surface area contributed by atoms with Crippen LogP contribution in [0.5, 0.6) is 0 Å². The third-order valence-corrected chi connectivity index (χ3v) is 6.02. The molecule has 136 valence electrons. The quantitative estimate of drug-likeness (QED) is 0.404. The average Bonchev–Trinajstić information content (AvgIpc) is 3.32. The number of H-pyrrole nitrogens is 1. The Morgan fingerprint density at radius 2 is 1.67 bits per heavy atom. The number of halogens is 2. The van der Waals surface area contributed by atoms with Gasteiger partial charge in [0, 0.05) is 20.5 Å². The van der Waals surface area contributed by atoms with Gasteiger partial charge in [-0.3, -0.25) is 0 Å². The molecule has 27 heavy (non-hydrogen) atoms. The molecule has 2 aromatic heterocycles. The molecule has 2 aromatic carbocycles. The molecule has 4 aromatic rings. The summed E-state index contributed by atoms with van der Waals surface area (Å²) in [6.07, 6.45) is 0. The molecule has 1 N–H and O–H groups in total. The standard InChI is InChI=1S/C20H16Cl2N4S/c1-11(2)16-9-14(22)7-8-15(16)17-10-18(20-23-25-26-24-20)27-19(17)12-3-5-13(21)6-4-12/h3-11H,1-2H3,(H,23,24,25,26). The van der Waals surface area contributed by atoms with Crippen molar-refractivity contribution in [3.63, 3.8) is 0 Å². The molecule has 0 spiro atoms. The molecule has 4 rings (SSSR count). The fourth-order valence-corrected chi connectivity index (χ4v) is 4.46. The minimum Gasteiger partial charge on any atom is -0.238 e. The van der Waals surface area contributed by atoms with E-state index < -0.39 is 0 Å². The van der Waals surface area contributed by atoms with Crippen LogP contribution >= 0.6 is 34.5 Å². The first-order valence-corrected chi connectivity index (χ1v) is 10.0. The molecule has 0 radical (unpaired) electrons. The van der Waals surface area contributed by atoms with Crippen LogP contribution in [0.3, 0.4) is 0 Å². The van der Waals surface area contributed by atoms with Gasteiger partial charge in [-0.05, 0) is 63.4 Å². The molecule has 0 aliphatic carbocycles. The van der Waals surface area contributed by atoms with Crippen molar-refractivity contribution >= 4 is 34.5 Å². The minimum atomic E-state index is 0.340. The minimum absolute atomic E-state index is 0.340. The fourth-order valence-electron chi connectivity index (χ4n) is 3.04. The summed E-state index contributed by atoms with van der Waals surface area (Å²) in [5.41, 5.74) is 4.60. The number of hydrogen-bond donors (Lipinski definition) is 1. The van der Waals surface area contributed by atoms with Crippen LogP contribution in [0.4, 0.5) is 0 Å². The van der Waals surface area contributed by atoms with Crippen LogP contribution in [-0.2, 0) is 0 Å². The molecule has 0 saturated carbocycles. The van der Waals surface area contributed by atoms with Crippen molar-refractivity contribution in [2.45, 2.75) is 19.8 Å². The molecule has 0 aliphatic heterocycles. The van der Waals surface area contributed by atoms with E-state index in [2.05, 4.69) is 46.6 Å². The van der Waals surface area contributed by atoms with Gasteiger partial charge in [-0.2, -0.15) is 0 Å². The van der Waals surface area contributed by atoms with Crippen LogP contribution in [0.15, 0.2) is 48.5 Å². The van der Waals surface area contributed by atoms with Gasteiger partial charge in [0.25, 0.3) is 0 Å². The zero-order valence-electron chi connectivity index (χ0n) is 14.7. The van der Waals surface area contributed by atoms with E-state index in [9.17, 15) is 0 Å². The topological polar surface area (TPSA) is 54.5 Å². The molecule has 4 nitrogen and oxygen atoms in total. The van der Waals surface area contributed by atoms with Crippen molar-refractivity contribution in [2.24, 2.45) is 0 Å². The number of nitrogens with zero attached hydrogens (tertiary/aromatic N) is 3. The summed E-state index contributed by atoms with van der Waals surface area (Å²) >= 11 is 14.0.